The van der Waals surface area contributed by atoms with Crippen molar-refractivity contribution >= 4 is 27.7 Å². The lowest BCUT2D eigenvalue weighted by Gasteiger charge is -2.13. The van der Waals surface area contributed by atoms with E-state index in [9.17, 15) is 0 Å². The number of aromatic nitrogens is 2. The highest BCUT2D eigenvalue weighted by Crippen LogP contribution is 2.20. The average molecular weight is 262 g/mol. The van der Waals surface area contributed by atoms with E-state index in [0.29, 0.717) is 11.8 Å². The maximum Gasteiger partial charge on any atom is 0.239 e. The topological polar surface area (TPSA) is 96.1 Å². The summed E-state index contributed by atoms with van der Waals surface area (Å²) in [7, 11) is 0. The van der Waals surface area contributed by atoms with Gasteiger partial charge in [0, 0.05) is 12.2 Å². The lowest BCUT2D eigenvalue weighted by Crippen LogP contribution is -2.21. The number of nitrogens with one attached hydrogen (secondary N) is 2. The lowest BCUT2D eigenvalue weighted by molar-refractivity contribution is 0.281. The molecular weight excluding hydrogens is 250 g/mol. The second-order valence-electron chi connectivity index (χ2n) is 2.76. The molecule has 0 aliphatic rings. The Morgan fingerprint density at radius 2 is 2.43 bits per heavy atom. The van der Waals surface area contributed by atoms with E-state index in [1.165, 1.54) is 0 Å². The molecule has 1 aromatic heterocycles. The number of aliphatic hydroxyl groups is 1. The summed E-state index contributed by atoms with van der Waals surface area (Å²) >= 11 is 3.28. The highest BCUT2D eigenvalue weighted by molar-refractivity contribution is 9.10. The predicted octanol–water partition coefficient (Wildman–Crippen LogP) is 0.317. The van der Waals surface area contributed by atoms with E-state index in [2.05, 4.69) is 36.6 Å². The first-order valence-electron chi connectivity index (χ1n) is 4.04. The van der Waals surface area contributed by atoms with Gasteiger partial charge in [-0.25, -0.2) is 10.8 Å². The van der Waals surface area contributed by atoms with Crippen LogP contribution < -0.4 is 16.6 Å². The Hall–Kier alpha value is -0.920. The fourth-order valence-corrected chi connectivity index (χ4v) is 1.12. The fourth-order valence-electron chi connectivity index (χ4n) is 0.817. The van der Waals surface area contributed by atoms with Crippen LogP contribution in [0.1, 0.15) is 6.92 Å². The molecule has 7 heteroatoms. The zero-order valence-corrected chi connectivity index (χ0v) is 9.24. The van der Waals surface area contributed by atoms with Gasteiger partial charge in [-0.05, 0) is 22.9 Å². The summed E-state index contributed by atoms with van der Waals surface area (Å²) in [6.07, 6.45) is 1.58. The number of halogens is 1. The molecule has 1 atom stereocenters. The van der Waals surface area contributed by atoms with Crippen LogP contribution in [0.15, 0.2) is 10.7 Å². The van der Waals surface area contributed by atoms with Crippen molar-refractivity contribution in [1.29, 1.82) is 0 Å². The van der Waals surface area contributed by atoms with Gasteiger partial charge in [-0.1, -0.05) is 0 Å². The third-order valence-electron chi connectivity index (χ3n) is 1.53. The van der Waals surface area contributed by atoms with Crippen LogP contribution in [0.3, 0.4) is 0 Å². The summed E-state index contributed by atoms with van der Waals surface area (Å²) in [6.45, 7) is 1.87. The molecule has 1 rings (SSSR count). The van der Waals surface area contributed by atoms with Crippen LogP contribution in [0.5, 0.6) is 0 Å². The molecule has 0 amide bonds. The molecule has 5 N–H and O–H groups in total. The molecule has 0 aliphatic carbocycles. The van der Waals surface area contributed by atoms with Gasteiger partial charge in [0.1, 0.15) is 5.82 Å². The Bertz CT molecular complexity index is 308. The summed E-state index contributed by atoms with van der Waals surface area (Å²) < 4.78 is 0.719. The summed E-state index contributed by atoms with van der Waals surface area (Å²) in [4.78, 5) is 7.96. The van der Waals surface area contributed by atoms with Gasteiger partial charge in [-0.15, -0.1) is 0 Å². The normalized spacial score (nSPS) is 12.3. The molecule has 14 heavy (non-hydrogen) atoms. The molecule has 0 saturated carbocycles. The Labute approximate surface area is 90.0 Å². The largest absolute Gasteiger partial charge is 0.394 e. The van der Waals surface area contributed by atoms with Crippen molar-refractivity contribution in [2.75, 3.05) is 17.3 Å². The van der Waals surface area contributed by atoms with Gasteiger partial charge in [0.2, 0.25) is 5.95 Å². The van der Waals surface area contributed by atoms with Crippen LogP contribution in [0.25, 0.3) is 0 Å². The molecule has 0 aliphatic heterocycles. The van der Waals surface area contributed by atoms with Crippen LogP contribution in [0.4, 0.5) is 11.8 Å². The highest BCUT2D eigenvalue weighted by Gasteiger charge is 2.06. The van der Waals surface area contributed by atoms with Gasteiger partial charge in [-0.3, -0.25) is 5.43 Å². The molecule has 6 nitrogen and oxygen atoms in total. The van der Waals surface area contributed by atoms with Gasteiger partial charge in [0.25, 0.3) is 0 Å². The van der Waals surface area contributed by atoms with Crippen LogP contribution >= 0.6 is 15.9 Å². The molecule has 1 unspecified atom stereocenters. The zero-order chi connectivity index (χ0) is 10.6. The first-order valence-corrected chi connectivity index (χ1v) is 4.83. The molecule has 0 aromatic carbocycles. The van der Waals surface area contributed by atoms with E-state index in [1.54, 1.807) is 6.20 Å². The van der Waals surface area contributed by atoms with E-state index in [1.807, 2.05) is 6.92 Å². The lowest BCUT2D eigenvalue weighted by atomic mass is 10.3. The standard InChI is InChI=1S/C7H12BrN5O/c1-4(3-14)11-6-5(8)2-10-7(12-6)13-9/h2,4,14H,3,9H2,1H3,(H2,10,11,12,13). The second kappa shape index (κ2) is 5.08. The van der Waals surface area contributed by atoms with Crippen LogP contribution in [0.2, 0.25) is 0 Å². The molecule has 0 fully saturated rings. The fraction of sp³-hybridized carbons (Fsp3) is 0.429. The van der Waals surface area contributed by atoms with E-state index >= 15 is 0 Å². The Morgan fingerprint density at radius 1 is 1.71 bits per heavy atom. The van der Waals surface area contributed by atoms with Gasteiger partial charge in [0.05, 0.1) is 11.1 Å². The first kappa shape index (κ1) is 11.2. The Balaban J connectivity index is 2.83. The molecule has 78 valence electrons. The minimum absolute atomic E-state index is 0.0296. The third-order valence-corrected chi connectivity index (χ3v) is 2.11. The molecular formula is C7H12BrN5O. The third kappa shape index (κ3) is 2.79. The van der Waals surface area contributed by atoms with Gasteiger partial charge >= 0.3 is 0 Å². The zero-order valence-electron chi connectivity index (χ0n) is 7.66. The monoisotopic (exact) mass is 261 g/mol. The number of nitrogens with two attached hydrogens (primary N) is 1. The minimum Gasteiger partial charge on any atom is -0.394 e. The van der Waals surface area contributed by atoms with Crippen molar-refractivity contribution in [2.45, 2.75) is 13.0 Å². The quantitative estimate of drug-likeness (QED) is 0.461. The maximum atomic E-state index is 8.85. The van der Waals surface area contributed by atoms with Gasteiger partial charge in [0.15, 0.2) is 0 Å². The smallest absolute Gasteiger partial charge is 0.239 e. The number of hydrogen-bond acceptors (Lipinski definition) is 6. The van der Waals surface area contributed by atoms with Gasteiger partial charge < -0.3 is 10.4 Å². The number of nitrogens with zero attached hydrogens (tertiary/aromatic N) is 2. The number of hydrogen-bond donors (Lipinski definition) is 4. The van der Waals surface area contributed by atoms with Crippen molar-refractivity contribution in [3.63, 3.8) is 0 Å². The van der Waals surface area contributed by atoms with Crippen molar-refractivity contribution in [1.82, 2.24) is 9.97 Å². The molecule has 0 bridgehead atoms. The number of nitrogen functional groups attached to an aromatic ring is 1. The van der Waals surface area contributed by atoms with Crippen LogP contribution in [-0.4, -0.2) is 27.7 Å². The first-order chi connectivity index (χ1) is 6.67. The van der Waals surface area contributed by atoms with Crippen molar-refractivity contribution in [3.8, 4) is 0 Å². The molecule has 1 heterocycles. The van der Waals surface area contributed by atoms with Crippen LogP contribution in [0, 0.1) is 0 Å². The van der Waals surface area contributed by atoms with Gasteiger partial charge in [-0.2, -0.15) is 4.98 Å². The predicted molar refractivity (Wildman–Crippen MR) is 57.7 cm³/mol. The Kier molecular flexibility index (Phi) is 4.05. The molecule has 1 aromatic rings. The number of hydrazine groups is 1. The van der Waals surface area contributed by atoms with E-state index in [4.69, 9.17) is 10.9 Å². The molecule has 0 saturated heterocycles. The molecule has 0 radical (unpaired) electrons. The second-order valence-corrected chi connectivity index (χ2v) is 3.62. The summed E-state index contributed by atoms with van der Waals surface area (Å²) in [5.74, 6) is 6.08. The maximum absolute atomic E-state index is 8.85. The highest BCUT2D eigenvalue weighted by atomic mass is 79.9. The molecule has 0 spiro atoms. The summed E-state index contributed by atoms with van der Waals surface area (Å²) in [6, 6.07) is -0.0770. The SMILES string of the molecule is CC(CO)Nc1nc(NN)ncc1Br. The van der Waals surface area contributed by atoms with Crippen molar-refractivity contribution < 1.29 is 5.11 Å². The number of rotatable bonds is 4. The summed E-state index contributed by atoms with van der Waals surface area (Å²) in [5.41, 5.74) is 2.34. The average Bonchev–Trinajstić information content (AvgIpc) is 2.21. The van der Waals surface area contributed by atoms with E-state index in [0.717, 1.165) is 4.47 Å². The van der Waals surface area contributed by atoms with E-state index < -0.39 is 0 Å². The van der Waals surface area contributed by atoms with Crippen molar-refractivity contribution in [2.24, 2.45) is 5.84 Å². The summed E-state index contributed by atoms with van der Waals surface area (Å²) in [5, 5.41) is 11.8. The van der Waals surface area contributed by atoms with Crippen molar-refractivity contribution in [3.05, 3.63) is 10.7 Å². The number of aliphatic hydroxyl groups excluding tert-OH is 1. The minimum atomic E-state index is -0.0770. The number of anilines is 2. The Morgan fingerprint density at radius 3 is 3.00 bits per heavy atom. The van der Waals surface area contributed by atoms with E-state index in [-0.39, 0.29) is 12.6 Å². The van der Waals surface area contributed by atoms with Crippen LogP contribution in [-0.2, 0) is 0 Å².